The van der Waals surface area contributed by atoms with Crippen LogP contribution in [0.5, 0.6) is 11.5 Å². The van der Waals surface area contributed by atoms with Crippen molar-refractivity contribution in [3.8, 4) is 11.5 Å². The molecule has 0 fully saturated rings. The number of halogens is 1. The van der Waals surface area contributed by atoms with Gasteiger partial charge in [-0.2, -0.15) is 5.10 Å². The summed E-state index contributed by atoms with van der Waals surface area (Å²) >= 11 is 0. The predicted molar refractivity (Wildman–Crippen MR) is 132 cm³/mol. The van der Waals surface area contributed by atoms with Gasteiger partial charge in [-0.25, -0.2) is 18.2 Å². The molecule has 0 saturated carbocycles. The summed E-state index contributed by atoms with van der Waals surface area (Å²) in [7, 11) is -4.30. The molecule has 1 aliphatic rings. The number of benzene rings is 3. The van der Waals surface area contributed by atoms with Crippen LogP contribution in [0.15, 0.2) is 76.7 Å². The lowest BCUT2D eigenvalue weighted by Crippen LogP contribution is -2.39. The van der Waals surface area contributed by atoms with Gasteiger partial charge in [0.05, 0.1) is 21.2 Å². The molecule has 3 aromatic carbocycles. The van der Waals surface area contributed by atoms with E-state index in [0.29, 0.717) is 23.6 Å². The highest BCUT2D eigenvalue weighted by Gasteiger charge is 2.29. The van der Waals surface area contributed by atoms with Crippen molar-refractivity contribution in [2.75, 3.05) is 24.1 Å². The number of carbonyl (C=O) groups excluding carboxylic acids is 1. The van der Waals surface area contributed by atoms with Crippen molar-refractivity contribution in [3.63, 3.8) is 0 Å². The summed E-state index contributed by atoms with van der Waals surface area (Å²) in [5.41, 5.74) is 3.11. The predicted octanol–water partition coefficient (Wildman–Crippen LogP) is 3.24. The van der Waals surface area contributed by atoms with Gasteiger partial charge in [-0.3, -0.25) is 19.2 Å². The van der Waals surface area contributed by atoms with Crippen LogP contribution in [-0.4, -0.2) is 44.7 Å². The topological polar surface area (TPSA) is 140 Å². The number of fused-ring (bicyclic) bond motifs is 1. The van der Waals surface area contributed by atoms with Gasteiger partial charge in [0.2, 0.25) is 0 Å². The van der Waals surface area contributed by atoms with E-state index >= 15 is 0 Å². The molecule has 0 atom stereocenters. The van der Waals surface area contributed by atoms with Crippen LogP contribution in [0, 0.1) is 15.9 Å². The van der Waals surface area contributed by atoms with Crippen LogP contribution in [0.25, 0.3) is 0 Å². The summed E-state index contributed by atoms with van der Waals surface area (Å²) in [6.07, 6.45) is 0. The minimum Gasteiger partial charge on any atom is -0.486 e. The number of hydrazone groups is 1. The zero-order chi connectivity index (χ0) is 26.6. The summed E-state index contributed by atoms with van der Waals surface area (Å²) < 4.78 is 52.4. The summed E-state index contributed by atoms with van der Waals surface area (Å²) in [5.74, 6) is -0.702. The molecular formula is C24H21FN4O7S. The van der Waals surface area contributed by atoms with Crippen LogP contribution in [0.1, 0.15) is 12.5 Å². The van der Waals surface area contributed by atoms with E-state index in [9.17, 15) is 27.7 Å². The number of nitro benzene ring substituents is 1. The van der Waals surface area contributed by atoms with E-state index in [1.165, 1.54) is 54.6 Å². The van der Waals surface area contributed by atoms with E-state index in [1.54, 1.807) is 6.92 Å². The third-order valence-corrected chi connectivity index (χ3v) is 7.12. The molecule has 1 aliphatic heterocycles. The van der Waals surface area contributed by atoms with Gasteiger partial charge in [-0.05, 0) is 61.0 Å². The van der Waals surface area contributed by atoms with Crippen LogP contribution in [-0.2, 0) is 14.8 Å². The van der Waals surface area contributed by atoms with Crippen molar-refractivity contribution in [2.24, 2.45) is 5.10 Å². The minimum atomic E-state index is -4.30. The number of hydrogen-bond donors (Lipinski definition) is 1. The van der Waals surface area contributed by atoms with Gasteiger partial charge in [-0.15, -0.1) is 0 Å². The number of anilines is 1. The van der Waals surface area contributed by atoms with Crippen molar-refractivity contribution >= 4 is 33.0 Å². The molecule has 1 N–H and O–H groups in total. The highest BCUT2D eigenvalue weighted by molar-refractivity contribution is 7.92. The maximum atomic E-state index is 13.6. The SMILES string of the molecule is C/C(=N/NC(=O)CN(c1ccc(F)cc1)S(=O)(=O)c1ccc2c(c1)OCCO2)c1ccc([N+](=O)[O-])cc1. The van der Waals surface area contributed by atoms with Crippen molar-refractivity contribution < 1.29 is 32.0 Å². The molecule has 11 nitrogen and oxygen atoms in total. The Kier molecular flexibility index (Phi) is 7.34. The largest absolute Gasteiger partial charge is 0.486 e. The van der Waals surface area contributed by atoms with Crippen molar-refractivity contribution in [1.29, 1.82) is 0 Å². The van der Waals surface area contributed by atoms with Crippen LogP contribution in [0.2, 0.25) is 0 Å². The van der Waals surface area contributed by atoms with E-state index in [4.69, 9.17) is 9.47 Å². The van der Waals surface area contributed by atoms with E-state index in [-0.39, 0.29) is 28.6 Å². The highest BCUT2D eigenvalue weighted by Crippen LogP contribution is 2.34. The first-order chi connectivity index (χ1) is 17.6. The van der Waals surface area contributed by atoms with Crippen molar-refractivity contribution in [1.82, 2.24) is 5.43 Å². The summed E-state index contributed by atoms with van der Waals surface area (Å²) in [6.45, 7) is 1.50. The zero-order valence-electron chi connectivity index (χ0n) is 19.5. The van der Waals surface area contributed by atoms with E-state index in [0.717, 1.165) is 16.4 Å². The van der Waals surface area contributed by atoms with E-state index < -0.39 is 33.2 Å². The first-order valence-corrected chi connectivity index (χ1v) is 12.3. The Bertz CT molecular complexity index is 1460. The zero-order valence-corrected chi connectivity index (χ0v) is 20.3. The Morgan fingerprint density at radius 3 is 2.35 bits per heavy atom. The monoisotopic (exact) mass is 528 g/mol. The first kappa shape index (κ1) is 25.6. The minimum absolute atomic E-state index is 0.0579. The van der Waals surface area contributed by atoms with Crippen molar-refractivity contribution in [2.45, 2.75) is 11.8 Å². The summed E-state index contributed by atoms with van der Waals surface area (Å²) in [6, 6.07) is 14.3. The molecule has 0 aromatic heterocycles. The number of ether oxygens (including phenoxy) is 2. The Hall–Kier alpha value is -4.52. The molecule has 0 bridgehead atoms. The highest BCUT2D eigenvalue weighted by atomic mass is 32.2. The molecule has 3 aromatic rings. The lowest BCUT2D eigenvalue weighted by Gasteiger charge is -2.25. The lowest BCUT2D eigenvalue weighted by atomic mass is 10.1. The molecule has 192 valence electrons. The molecule has 0 aliphatic carbocycles. The number of nitrogens with zero attached hydrogens (tertiary/aromatic N) is 3. The van der Waals surface area contributed by atoms with Gasteiger partial charge >= 0.3 is 0 Å². The molecule has 0 radical (unpaired) electrons. The number of carbonyl (C=O) groups is 1. The Morgan fingerprint density at radius 1 is 1.05 bits per heavy atom. The normalized spacial score (nSPS) is 13.1. The van der Waals surface area contributed by atoms with Crippen LogP contribution in [0.3, 0.4) is 0 Å². The fourth-order valence-corrected chi connectivity index (χ4v) is 4.87. The number of hydrogen-bond acceptors (Lipinski definition) is 8. The van der Waals surface area contributed by atoms with Crippen molar-refractivity contribution in [3.05, 3.63) is 88.2 Å². The molecule has 0 unspecified atom stereocenters. The second-order valence-electron chi connectivity index (χ2n) is 7.83. The molecular weight excluding hydrogens is 507 g/mol. The Labute approximate surface area is 211 Å². The van der Waals surface area contributed by atoms with Crippen LogP contribution < -0.4 is 19.2 Å². The number of rotatable bonds is 8. The number of nitro groups is 1. The number of amides is 1. The third kappa shape index (κ3) is 5.83. The Morgan fingerprint density at radius 2 is 1.70 bits per heavy atom. The quantitative estimate of drug-likeness (QED) is 0.269. The molecule has 4 rings (SSSR count). The van der Waals surface area contributed by atoms with Gasteiger partial charge in [0.15, 0.2) is 11.5 Å². The molecule has 1 amide bonds. The second kappa shape index (κ2) is 10.6. The average Bonchev–Trinajstić information content (AvgIpc) is 2.90. The van der Waals surface area contributed by atoms with E-state index in [2.05, 4.69) is 10.5 Å². The second-order valence-corrected chi connectivity index (χ2v) is 9.69. The fraction of sp³-hybridized carbons (Fsp3) is 0.167. The van der Waals surface area contributed by atoms with Gasteiger partial charge in [0.25, 0.3) is 21.6 Å². The number of sulfonamides is 1. The maximum Gasteiger partial charge on any atom is 0.269 e. The molecule has 0 saturated heterocycles. The van der Waals surface area contributed by atoms with Crippen LogP contribution in [0.4, 0.5) is 15.8 Å². The number of nitrogens with one attached hydrogen (secondary N) is 1. The molecule has 37 heavy (non-hydrogen) atoms. The van der Waals surface area contributed by atoms with Crippen LogP contribution >= 0.6 is 0 Å². The standard InChI is InChI=1S/C24H21FN4O7S/c1-16(17-2-6-20(7-3-17)29(31)32)26-27-24(30)15-28(19-8-4-18(25)5-9-19)37(33,34)21-10-11-22-23(14-21)36-13-12-35-22/h2-11,14H,12-13,15H2,1H3,(H,27,30)/b26-16-. The van der Waals surface area contributed by atoms with Gasteiger partial charge < -0.3 is 9.47 Å². The Balaban J connectivity index is 1.58. The lowest BCUT2D eigenvalue weighted by molar-refractivity contribution is -0.384. The van der Waals surface area contributed by atoms with Gasteiger partial charge in [0.1, 0.15) is 25.6 Å². The summed E-state index contributed by atoms with van der Waals surface area (Å²) in [5, 5.41) is 14.8. The van der Waals surface area contributed by atoms with Gasteiger partial charge in [0, 0.05) is 18.2 Å². The smallest absolute Gasteiger partial charge is 0.269 e. The molecule has 13 heteroatoms. The molecule has 1 heterocycles. The maximum absolute atomic E-state index is 13.6. The third-order valence-electron chi connectivity index (χ3n) is 5.35. The summed E-state index contributed by atoms with van der Waals surface area (Å²) in [4.78, 5) is 22.9. The van der Waals surface area contributed by atoms with Gasteiger partial charge in [-0.1, -0.05) is 0 Å². The number of non-ortho nitro benzene ring substituents is 1. The fourth-order valence-electron chi connectivity index (χ4n) is 3.43. The molecule has 0 spiro atoms. The van der Waals surface area contributed by atoms with E-state index in [1.807, 2.05) is 0 Å². The average molecular weight is 529 g/mol. The first-order valence-electron chi connectivity index (χ1n) is 10.9.